The first kappa shape index (κ1) is 11.3. The lowest BCUT2D eigenvalue weighted by atomic mass is 9.95. The van der Waals surface area contributed by atoms with Crippen LogP contribution < -0.4 is 10.6 Å². The lowest BCUT2D eigenvalue weighted by Crippen LogP contribution is -2.23. The fourth-order valence-electron chi connectivity index (χ4n) is 2.67. The van der Waals surface area contributed by atoms with Crippen LogP contribution in [0.25, 0.3) is 5.65 Å². The lowest BCUT2D eigenvalue weighted by Gasteiger charge is -2.19. The Morgan fingerprint density at radius 3 is 3.00 bits per heavy atom. The van der Waals surface area contributed by atoms with Crippen molar-refractivity contribution >= 4 is 17.3 Å². The predicted octanol–water partition coefficient (Wildman–Crippen LogP) is 1.79. The van der Waals surface area contributed by atoms with Crippen molar-refractivity contribution in [1.82, 2.24) is 14.4 Å². The molecule has 1 atom stereocenters. The Bertz CT molecular complexity index is 560. The topological polar surface area (TPSA) is 59.5 Å². The van der Waals surface area contributed by atoms with Gasteiger partial charge in [0.15, 0.2) is 11.5 Å². The minimum atomic E-state index is 0.545. The average Bonchev–Trinajstić information content (AvgIpc) is 2.95. The number of fused-ring (bicyclic) bond motifs is 1. The molecule has 3 heterocycles. The third kappa shape index (κ3) is 1.79. The Morgan fingerprint density at radius 2 is 2.28 bits per heavy atom. The van der Waals surface area contributed by atoms with E-state index in [-0.39, 0.29) is 0 Å². The molecule has 1 aliphatic heterocycles. The highest BCUT2D eigenvalue weighted by Crippen LogP contribution is 2.29. The van der Waals surface area contributed by atoms with E-state index >= 15 is 0 Å². The molecule has 0 radical (unpaired) electrons. The average molecular weight is 245 g/mol. The summed E-state index contributed by atoms with van der Waals surface area (Å²) in [6, 6.07) is 0. The van der Waals surface area contributed by atoms with Crippen molar-refractivity contribution in [2.24, 2.45) is 11.8 Å². The maximum atomic E-state index is 5.86. The zero-order valence-corrected chi connectivity index (χ0v) is 10.9. The molecule has 0 aromatic carbocycles. The van der Waals surface area contributed by atoms with Crippen LogP contribution in [0.2, 0.25) is 0 Å². The van der Waals surface area contributed by atoms with E-state index in [1.165, 1.54) is 6.42 Å². The highest BCUT2D eigenvalue weighted by molar-refractivity contribution is 5.66. The molecule has 1 aliphatic rings. The fourth-order valence-corrected chi connectivity index (χ4v) is 2.67. The van der Waals surface area contributed by atoms with Crippen LogP contribution >= 0.6 is 0 Å². The van der Waals surface area contributed by atoms with Crippen LogP contribution in [0.5, 0.6) is 0 Å². The number of hydrogen-bond acceptors (Lipinski definition) is 4. The zero-order valence-electron chi connectivity index (χ0n) is 10.9. The monoisotopic (exact) mass is 245 g/mol. The quantitative estimate of drug-likeness (QED) is 0.876. The first-order valence-corrected chi connectivity index (χ1v) is 6.49. The van der Waals surface area contributed by atoms with Crippen LogP contribution in [-0.4, -0.2) is 27.5 Å². The SMILES string of the molecule is CC(C)C1CCN(c2nc(N)cn3ccnc23)C1. The Kier molecular flexibility index (Phi) is 2.61. The lowest BCUT2D eigenvalue weighted by molar-refractivity contribution is 0.422. The van der Waals surface area contributed by atoms with Gasteiger partial charge in [-0.1, -0.05) is 13.8 Å². The molecule has 1 fully saturated rings. The summed E-state index contributed by atoms with van der Waals surface area (Å²) in [5.41, 5.74) is 6.76. The van der Waals surface area contributed by atoms with Gasteiger partial charge >= 0.3 is 0 Å². The van der Waals surface area contributed by atoms with E-state index in [2.05, 4.69) is 28.7 Å². The van der Waals surface area contributed by atoms with Gasteiger partial charge in [-0.3, -0.25) is 0 Å². The second-order valence-electron chi connectivity index (χ2n) is 5.39. The Hall–Kier alpha value is -1.78. The Morgan fingerprint density at radius 1 is 1.44 bits per heavy atom. The molecule has 0 spiro atoms. The molecule has 1 saturated heterocycles. The molecule has 2 aromatic heterocycles. The van der Waals surface area contributed by atoms with E-state index < -0.39 is 0 Å². The molecule has 2 N–H and O–H groups in total. The van der Waals surface area contributed by atoms with E-state index in [1.54, 1.807) is 6.20 Å². The molecule has 5 heteroatoms. The summed E-state index contributed by atoms with van der Waals surface area (Å²) < 4.78 is 1.94. The van der Waals surface area contributed by atoms with Gasteiger partial charge < -0.3 is 15.0 Å². The molecule has 1 unspecified atom stereocenters. The summed E-state index contributed by atoms with van der Waals surface area (Å²) in [6.07, 6.45) is 6.73. The number of imidazole rings is 1. The highest BCUT2D eigenvalue weighted by Gasteiger charge is 2.27. The van der Waals surface area contributed by atoms with Gasteiger partial charge in [0.2, 0.25) is 0 Å². The molecule has 0 amide bonds. The second-order valence-corrected chi connectivity index (χ2v) is 5.39. The Balaban J connectivity index is 1.97. The Labute approximate surface area is 107 Å². The summed E-state index contributed by atoms with van der Waals surface area (Å²) in [6.45, 7) is 6.66. The van der Waals surface area contributed by atoms with Gasteiger partial charge in [-0.05, 0) is 18.3 Å². The first-order valence-electron chi connectivity index (χ1n) is 6.49. The third-order valence-electron chi connectivity index (χ3n) is 3.84. The molecule has 18 heavy (non-hydrogen) atoms. The van der Waals surface area contributed by atoms with Crippen LogP contribution in [0.1, 0.15) is 20.3 Å². The van der Waals surface area contributed by atoms with Crippen LogP contribution in [0, 0.1) is 11.8 Å². The van der Waals surface area contributed by atoms with Crippen LogP contribution in [0.15, 0.2) is 18.6 Å². The van der Waals surface area contributed by atoms with Crippen LogP contribution in [-0.2, 0) is 0 Å². The van der Waals surface area contributed by atoms with Gasteiger partial charge in [-0.2, -0.15) is 0 Å². The van der Waals surface area contributed by atoms with E-state index in [0.717, 1.165) is 30.5 Å². The van der Waals surface area contributed by atoms with Gasteiger partial charge in [0.05, 0.1) is 6.20 Å². The molecular weight excluding hydrogens is 226 g/mol. The minimum Gasteiger partial charge on any atom is -0.382 e. The highest BCUT2D eigenvalue weighted by atomic mass is 15.2. The summed E-state index contributed by atoms with van der Waals surface area (Å²) in [5, 5.41) is 0. The molecule has 5 nitrogen and oxygen atoms in total. The third-order valence-corrected chi connectivity index (χ3v) is 3.84. The number of rotatable bonds is 2. The predicted molar refractivity (Wildman–Crippen MR) is 72.6 cm³/mol. The second kappa shape index (κ2) is 4.15. The van der Waals surface area contributed by atoms with Gasteiger partial charge in [0, 0.05) is 25.5 Å². The van der Waals surface area contributed by atoms with Crippen molar-refractivity contribution in [3.05, 3.63) is 18.6 Å². The van der Waals surface area contributed by atoms with Crippen molar-refractivity contribution in [3.8, 4) is 0 Å². The van der Waals surface area contributed by atoms with Crippen molar-refractivity contribution < 1.29 is 0 Å². The molecule has 0 aliphatic carbocycles. The maximum absolute atomic E-state index is 5.86. The fraction of sp³-hybridized carbons (Fsp3) is 0.538. The molecule has 0 saturated carbocycles. The van der Waals surface area contributed by atoms with Crippen molar-refractivity contribution in [2.45, 2.75) is 20.3 Å². The molecular formula is C13H19N5. The van der Waals surface area contributed by atoms with Crippen molar-refractivity contribution in [2.75, 3.05) is 23.7 Å². The summed E-state index contributed by atoms with van der Waals surface area (Å²) in [7, 11) is 0. The number of nitrogen functional groups attached to an aromatic ring is 1. The van der Waals surface area contributed by atoms with Gasteiger partial charge in [-0.25, -0.2) is 9.97 Å². The summed E-state index contributed by atoms with van der Waals surface area (Å²) >= 11 is 0. The van der Waals surface area contributed by atoms with E-state index in [0.29, 0.717) is 11.7 Å². The number of nitrogens with two attached hydrogens (primary N) is 1. The number of nitrogens with zero attached hydrogens (tertiary/aromatic N) is 4. The first-order chi connectivity index (χ1) is 8.65. The van der Waals surface area contributed by atoms with Crippen LogP contribution in [0.3, 0.4) is 0 Å². The van der Waals surface area contributed by atoms with Gasteiger partial charge in [0.25, 0.3) is 0 Å². The van der Waals surface area contributed by atoms with E-state index in [4.69, 9.17) is 5.73 Å². The van der Waals surface area contributed by atoms with Crippen molar-refractivity contribution in [1.29, 1.82) is 0 Å². The molecule has 3 rings (SSSR count). The van der Waals surface area contributed by atoms with E-state index in [9.17, 15) is 0 Å². The summed E-state index contributed by atoms with van der Waals surface area (Å²) in [4.78, 5) is 11.2. The van der Waals surface area contributed by atoms with E-state index in [1.807, 2.05) is 16.8 Å². The normalized spacial score (nSPS) is 20.2. The molecule has 0 bridgehead atoms. The standard InChI is InChI=1S/C13H19N5/c1-9(2)10-3-5-17(7-10)13-12-15-4-6-18(12)8-11(14)16-13/h4,6,8-10H,3,5,7,14H2,1-2H3. The van der Waals surface area contributed by atoms with Crippen LogP contribution in [0.4, 0.5) is 11.6 Å². The smallest absolute Gasteiger partial charge is 0.180 e. The number of anilines is 2. The van der Waals surface area contributed by atoms with Gasteiger partial charge in [-0.15, -0.1) is 0 Å². The largest absolute Gasteiger partial charge is 0.382 e. The minimum absolute atomic E-state index is 0.545. The number of aromatic nitrogens is 3. The molecule has 2 aromatic rings. The maximum Gasteiger partial charge on any atom is 0.180 e. The molecule has 96 valence electrons. The summed E-state index contributed by atoms with van der Waals surface area (Å²) in [5.74, 6) is 2.92. The zero-order chi connectivity index (χ0) is 12.7. The van der Waals surface area contributed by atoms with Gasteiger partial charge in [0.1, 0.15) is 5.82 Å². The number of hydrogen-bond donors (Lipinski definition) is 1. The van der Waals surface area contributed by atoms with Crippen molar-refractivity contribution in [3.63, 3.8) is 0 Å².